The molecule has 0 unspecified atom stereocenters. The number of carbonyl (C=O) groups excluding carboxylic acids is 1. The summed E-state index contributed by atoms with van der Waals surface area (Å²) in [5, 5.41) is 9.55. The predicted octanol–water partition coefficient (Wildman–Crippen LogP) is 0.290. The molecule has 0 atom stereocenters. The van der Waals surface area contributed by atoms with Gasteiger partial charge in [0.1, 0.15) is 6.20 Å². The Morgan fingerprint density at radius 1 is 1.00 bits per heavy atom. The summed E-state index contributed by atoms with van der Waals surface area (Å²) in [5.74, 6) is -0.0571. The molecule has 0 radical (unpaired) electrons. The molecule has 2 aromatic carbocycles. The smallest absolute Gasteiger partial charge is 0.292 e. The van der Waals surface area contributed by atoms with E-state index < -0.39 is 0 Å². The first-order valence-corrected chi connectivity index (χ1v) is 8.36. The monoisotopic (exact) mass is 447 g/mol. The molecule has 0 saturated heterocycles. The summed E-state index contributed by atoms with van der Waals surface area (Å²) in [6.07, 6.45) is 5.48. The molecule has 130 valence electrons. The number of nitrogens with zero attached hydrogens (tertiary/aromatic N) is 2. The molecule has 4 nitrogen and oxygen atoms in total. The van der Waals surface area contributed by atoms with Gasteiger partial charge in [-0.3, -0.25) is 4.79 Å². The molecule has 0 fully saturated rings. The van der Waals surface area contributed by atoms with Crippen molar-refractivity contribution in [3.63, 3.8) is 0 Å². The maximum Gasteiger partial charge on any atom is 0.292 e. The van der Waals surface area contributed by atoms with Gasteiger partial charge in [-0.05, 0) is 35.1 Å². The molecule has 1 heterocycles. The number of hydrogen-bond donors (Lipinski definition) is 1. The number of carbonyl (C=O) groups is 1. The van der Waals surface area contributed by atoms with Gasteiger partial charge in [0, 0.05) is 16.5 Å². The third-order valence-electron chi connectivity index (χ3n) is 4.20. The third kappa shape index (κ3) is 4.54. The van der Waals surface area contributed by atoms with Crippen LogP contribution in [0.1, 0.15) is 25.0 Å². The fourth-order valence-corrected chi connectivity index (χ4v) is 2.89. The minimum Gasteiger partial charge on any atom is -1.00 e. The molecule has 1 aromatic heterocycles. The fourth-order valence-electron chi connectivity index (χ4n) is 2.89. The molecule has 0 spiro atoms. The Labute approximate surface area is 165 Å². The van der Waals surface area contributed by atoms with Crippen molar-refractivity contribution >= 4 is 22.4 Å². The highest BCUT2D eigenvalue weighted by Crippen LogP contribution is 2.22. The Morgan fingerprint density at radius 3 is 2.28 bits per heavy atom. The molecule has 0 saturated carbocycles. The van der Waals surface area contributed by atoms with Crippen LogP contribution in [-0.4, -0.2) is 11.0 Å². The first-order valence-electron chi connectivity index (χ1n) is 8.36. The Kier molecular flexibility index (Phi) is 6.87. The normalized spacial score (nSPS) is 10.3. The molecule has 3 aromatic rings. The van der Waals surface area contributed by atoms with Crippen LogP contribution >= 0.6 is 0 Å². The largest absolute Gasteiger partial charge is 1.00 e. The number of aryl methyl sites for hydroxylation is 2. The maximum atomic E-state index is 12.5. The van der Waals surface area contributed by atoms with Gasteiger partial charge in [-0.2, -0.15) is 0 Å². The van der Waals surface area contributed by atoms with E-state index in [9.17, 15) is 4.79 Å². The topological polar surface area (TPSA) is 45.9 Å². The van der Waals surface area contributed by atoms with Crippen LogP contribution in [-0.2, 0) is 24.2 Å². The molecular weight excluding hydrogens is 425 g/mol. The van der Waals surface area contributed by atoms with E-state index in [1.54, 1.807) is 10.9 Å². The summed E-state index contributed by atoms with van der Waals surface area (Å²) in [5.41, 5.74) is 3.28. The number of halogens is 1. The molecule has 0 aliphatic heterocycles. The number of fused-ring (bicyclic) bond motifs is 1. The Hall–Kier alpha value is -2.02. The summed E-state index contributed by atoms with van der Waals surface area (Å²) in [6, 6.07) is 14.2. The molecule has 1 amide bonds. The van der Waals surface area contributed by atoms with Crippen molar-refractivity contribution in [1.29, 1.82) is 0 Å². The van der Waals surface area contributed by atoms with Crippen molar-refractivity contribution in [2.75, 3.05) is 5.32 Å². The number of benzene rings is 2. The lowest BCUT2D eigenvalue weighted by Crippen LogP contribution is -3.00. The summed E-state index contributed by atoms with van der Waals surface area (Å²) in [4.78, 5) is 12.5. The van der Waals surface area contributed by atoms with Gasteiger partial charge in [0.15, 0.2) is 0 Å². The summed E-state index contributed by atoms with van der Waals surface area (Å²) >= 11 is 0. The minimum absolute atomic E-state index is 0. The maximum absolute atomic E-state index is 12.5. The number of nitrogens with one attached hydrogen (secondary N) is 1. The van der Waals surface area contributed by atoms with Crippen molar-refractivity contribution in [3.8, 4) is 0 Å². The highest BCUT2D eigenvalue weighted by atomic mass is 127. The number of amides is 1. The molecule has 25 heavy (non-hydrogen) atoms. The number of rotatable bonds is 5. The minimum atomic E-state index is -0.0571. The SMILES string of the molecule is CCc1cccc(CC)c1NC(=O)C[n+]1cc2ccccc2cn1.[I-]. The molecule has 0 aliphatic rings. The number of anilines is 1. The van der Waals surface area contributed by atoms with Gasteiger partial charge in [-0.15, -0.1) is 0 Å². The molecule has 0 bridgehead atoms. The zero-order valence-electron chi connectivity index (χ0n) is 14.5. The van der Waals surface area contributed by atoms with Crippen molar-refractivity contribution < 1.29 is 33.5 Å². The second-order valence-corrected chi connectivity index (χ2v) is 5.81. The summed E-state index contributed by atoms with van der Waals surface area (Å²) < 4.78 is 1.68. The second-order valence-electron chi connectivity index (χ2n) is 5.81. The molecule has 1 N–H and O–H groups in total. The highest BCUT2D eigenvalue weighted by Gasteiger charge is 2.15. The van der Waals surface area contributed by atoms with Crippen LogP contribution in [0.4, 0.5) is 5.69 Å². The van der Waals surface area contributed by atoms with E-state index in [0.29, 0.717) is 0 Å². The van der Waals surface area contributed by atoms with E-state index in [2.05, 4.69) is 36.4 Å². The van der Waals surface area contributed by atoms with E-state index in [-0.39, 0.29) is 36.4 Å². The van der Waals surface area contributed by atoms with Crippen LogP contribution in [0.2, 0.25) is 0 Å². The molecule has 5 heteroatoms. The van der Waals surface area contributed by atoms with Gasteiger partial charge in [0.25, 0.3) is 12.5 Å². The number of para-hydroxylation sites is 1. The lowest BCUT2D eigenvalue weighted by molar-refractivity contribution is -0.740. The fraction of sp³-hybridized carbons (Fsp3) is 0.250. The van der Waals surface area contributed by atoms with Gasteiger partial charge >= 0.3 is 0 Å². The van der Waals surface area contributed by atoms with Crippen molar-refractivity contribution in [2.45, 2.75) is 33.2 Å². The zero-order valence-corrected chi connectivity index (χ0v) is 16.7. The van der Waals surface area contributed by atoms with Crippen molar-refractivity contribution in [2.24, 2.45) is 0 Å². The van der Waals surface area contributed by atoms with Crippen molar-refractivity contribution in [1.82, 2.24) is 5.10 Å². The van der Waals surface area contributed by atoms with Crippen LogP contribution in [0.25, 0.3) is 10.8 Å². The molecular formula is C20H22IN3O. The first-order chi connectivity index (χ1) is 11.7. The lowest BCUT2D eigenvalue weighted by Gasteiger charge is -2.13. The number of hydrogen-bond acceptors (Lipinski definition) is 2. The van der Waals surface area contributed by atoms with Crippen molar-refractivity contribution in [3.05, 3.63) is 66.0 Å². The molecule has 0 aliphatic carbocycles. The van der Waals surface area contributed by atoms with Gasteiger partial charge in [-0.1, -0.05) is 54.9 Å². The highest BCUT2D eigenvalue weighted by molar-refractivity contribution is 5.91. The van der Waals surface area contributed by atoms with Gasteiger partial charge < -0.3 is 29.3 Å². The molecule has 3 rings (SSSR count). The van der Waals surface area contributed by atoms with Crippen LogP contribution in [0, 0.1) is 0 Å². The first kappa shape index (κ1) is 19.3. The Bertz CT molecular complexity index is 857. The van der Waals surface area contributed by atoms with Gasteiger partial charge in [0.05, 0.1) is 0 Å². The van der Waals surface area contributed by atoms with Gasteiger partial charge in [0.2, 0.25) is 6.20 Å². The average Bonchev–Trinajstić information content (AvgIpc) is 2.61. The van der Waals surface area contributed by atoms with Gasteiger partial charge in [-0.25, -0.2) is 0 Å². The van der Waals surface area contributed by atoms with E-state index >= 15 is 0 Å². The summed E-state index contributed by atoms with van der Waals surface area (Å²) in [6.45, 7) is 4.40. The van der Waals surface area contributed by atoms with Crippen LogP contribution in [0.15, 0.2) is 54.9 Å². The van der Waals surface area contributed by atoms with Crippen LogP contribution in [0.5, 0.6) is 0 Å². The quantitative estimate of drug-likeness (QED) is 0.452. The van der Waals surface area contributed by atoms with E-state index in [1.165, 1.54) is 11.1 Å². The Morgan fingerprint density at radius 2 is 1.64 bits per heavy atom. The second kappa shape index (κ2) is 8.89. The number of aromatic nitrogens is 2. The third-order valence-corrected chi connectivity index (χ3v) is 4.20. The zero-order chi connectivity index (χ0) is 16.9. The Balaban J connectivity index is 0.00000225. The predicted molar refractivity (Wildman–Crippen MR) is 95.8 cm³/mol. The standard InChI is InChI=1S/C20H21N3O.HI/c1-3-15-10-7-11-16(4-2)20(15)22-19(24)14-23-13-18-9-6-5-8-17(18)12-21-23;/h5-13H,3-4,14H2,1-2H3;1H. The van der Waals surface area contributed by atoms with Crippen LogP contribution < -0.4 is 34.0 Å². The van der Waals surface area contributed by atoms with Crippen LogP contribution in [0.3, 0.4) is 0 Å². The lowest BCUT2D eigenvalue weighted by atomic mass is 10.0. The average molecular weight is 447 g/mol. The van der Waals surface area contributed by atoms with E-state index in [0.717, 1.165) is 29.3 Å². The van der Waals surface area contributed by atoms with E-state index in [1.807, 2.05) is 36.5 Å². The summed E-state index contributed by atoms with van der Waals surface area (Å²) in [7, 11) is 0. The van der Waals surface area contributed by atoms with E-state index in [4.69, 9.17) is 0 Å².